The van der Waals surface area contributed by atoms with Crippen LogP contribution in [0.4, 0.5) is 5.69 Å². The highest BCUT2D eigenvalue weighted by Crippen LogP contribution is 2.31. The zero-order chi connectivity index (χ0) is 14.4. The molecule has 0 heterocycles. The van der Waals surface area contributed by atoms with Crippen molar-refractivity contribution in [3.05, 3.63) is 28.8 Å². The van der Waals surface area contributed by atoms with Crippen LogP contribution in [0.2, 0.25) is 5.02 Å². The van der Waals surface area contributed by atoms with Crippen LogP contribution in [0, 0.1) is 0 Å². The van der Waals surface area contributed by atoms with Crippen molar-refractivity contribution < 1.29 is 10.2 Å². The molecule has 0 aromatic heterocycles. The largest absolute Gasteiger partial charge is 0.395 e. The van der Waals surface area contributed by atoms with Crippen LogP contribution in [0.15, 0.2) is 18.2 Å². The second-order valence-electron chi connectivity index (χ2n) is 4.77. The molecule has 4 heteroatoms. The summed E-state index contributed by atoms with van der Waals surface area (Å²) < 4.78 is 0. The Balaban J connectivity index is 3.08. The summed E-state index contributed by atoms with van der Waals surface area (Å²) in [6.45, 7) is 6.66. The first-order valence-electron chi connectivity index (χ1n) is 6.90. The van der Waals surface area contributed by atoms with E-state index in [0.717, 1.165) is 24.1 Å². The number of benzene rings is 1. The minimum Gasteiger partial charge on any atom is -0.395 e. The second-order valence-corrected chi connectivity index (χ2v) is 5.18. The molecular formula is C15H24ClNO2. The average Bonchev–Trinajstić information content (AvgIpc) is 2.39. The number of hydrogen-bond acceptors (Lipinski definition) is 3. The van der Waals surface area contributed by atoms with E-state index in [4.69, 9.17) is 11.6 Å². The standard InChI is InChI=1S/C15H24ClNO2/c1-4-13(5-2)17(8-9-18)15-7-6-12(11(3)19)10-14(15)16/h6-7,10-11,13,18-19H,4-5,8-9H2,1-3H3/t11-/m0/s1. The number of hydrogen-bond donors (Lipinski definition) is 2. The van der Waals surface area contributed by atoms with Crippen LogP contribution in [0.3, 0.4) is 0 Å². The fourth-order valence-corrected chi connectivity index (χ4v) is 2.65. The molecule has 0 aliphatic rings. The van der Waals surface area contributed by atoms with Crippen molar-refractivity contribution in [2.24, 2.45) is 0 Å². The molecule has 0 amide bonds. The van der Waals surface area contributed by atoms with Gasteiger partial charge in [0.15, 0.2) is 0 Å². The third-order valence-electron chi connectivity index (χ3n) is 3.49. The molecule has 1 atom stereocenters. The van der Waals surface area contributed by atoms with Crippen LogP contribution in [-0.2, 0) is 0 Å². The fraction of sp³-hybridized carbons (Fsp3) is 0.600. The SMILES string of the molecule is CCC(CC)N(CCO)c1ccc([C@H](C)O)cc1Cl. The molecule has 108 valence electrons. The Labute approximate surface area is 120 Å². The van der Waals surface area contributed by atoms with Crippen molar-refractivity contribution in [3.8, 4) is 0 Å². The maximum atomic E-state index is 9.57. The topological polar surface area (TPSA) is 43.7 Å². The van der Waals surface area contributed by atoms with Gasteiger partial charge in [-0.05, 0) is 37.5 Å². The van der Waals surface area contributed by atoms with Crippen LogP contribution in [0.5, 0.6) is 0 Å². The zero-order valence-corrected chi connectivity index (χ0v) is 12.7. The third kappa shape index (κ3) is 4.10. The molecule has 0 radical (unpaired) electrons. The molecule has 0 saturated carbocycles. The monoisotopic (exact) mass is 285 g/mol. The summed E-state index contributed by atoms with van der Waals surface area (Å²) in [7, 11) is 0. The van der Waals surface area contributed by atoms with Gasteiger partial charge in [0, 0.05) is 12.6 Å². The lowest BCUT2D eigenvalue weighted by atomic mass is 10.1. The summed E-state index contributed by atoms with van der Waals surface area (Å²) in [5, 5.41) is 19.4. The van der Waals surface area contributed by atoms with E-state index >= 15 is 0 Å². The van der Waals surface area contributed by atoms with Crippen molar-refractivity contribution >= 4 is 17.3 Å². The molecule has 3 nitrogen and oxygen atoms in total. The van der Waals surface area contributed by atoms with Gasteiger partial charge in [-0.1, -0.05) is 31.5 Å². The normalized spacial score (nSPS) is 12.8. The first-order valence-corrected chi connectivity index (χ1v) is 7.27. The number of nitrogens with zero attached hydrogens (tertiary/aromatic N) is 1. The molecule has 0 bridgehead atoms. The molecule has 1 aromatic rings. The number of halogens is 1. The van der Waals surface area contributed by atoms with E-state index < -0.39 is 6.10 Å². The van der Waals surface area contributed by atoms with Crippen molar-refractivity contribution in [2.45, 2.75) is 45.8 Å². The van der Waals surface area contributed by atoms with E-state index in [2.05, 4.69) is 18.7 Å². The lowest BCUT2D eigenvalue weighted by molar-refractivity contribution is 0.199. The van der Waals surface area contributed by atoms with Crippen LogP contribution < -0.4 is 4.90 Å². The number of rotatable bonds is 7. The van der Waals surface area contributed by atoms with Gasteiger partial charge in [0.2, 0.25) is 0 Å². The Morgan fingerprint density at radius 1 is 1.26 bits per heavy atom. The van der Waals surface area contributed by atoms with Gasteiger partial charge in [-0.3, -0.25) is 0 Å². The minimum atomic E-state index is -0.522. The van der Waals surface area contributed by atoms with Gasteiger partial charge < -0.3 is 15.1 Å². The van der Waals surface area contributed by atoms with Gasteiger partial charge in [0.05, 0.1) is 23.4 Å². The molecule has 0 saturated heterocycles. The second kappa shape index (κ2) is 7.73. The van der Waals surface area contributed by atoms with Crippen molar-refractivity contribution in [1.29, 1.82) is 0 Å². The summed E-state index contributed by atoms with van der Waals surface area (Å²) in [5.41, 5.74) is 1.73. The Morgan fingerprint density at radius 2 is 1.89 bits per heavy atom. The van der Waals surface area contributed by atoms with Gasteiger partial charge in [-0.15, -0.1) is 0 Å². The molecule has 0 aliphatic heterocycles. The van der Waals surface area contributed by atoms with E-state index in [9.17, 15) is 10.2 Å². The predicted molar refractivity (Wildman–Crippen MR) is 80.9 cm³/mol. The molecule has 0 fully saturated rings. The van der Waals surface area contributed by atoms with E-state index in [0.29, 0.717) is 17.6 Å². The fourth-order valence-electron chi connectivity index (χ4n) is 2.35. The Kier molecular flexibility index (Phi) is 6.63. The van der Waals surface area contributed by atoms with E-state index in [1.54, 1.807) is 13.0 Å². The summed E-state index contributed by atoms with van der Waals surface area (Å²) in [4.78, 5) is 2.15. The molecular weight excluding hydrogens is 262 g/mol. The smallest absolute Gasteiger partial charge is 0.0762 e. The predicted octanol–water partition coefficient (Wildman–Crippen LogP) is 3.38. The van der Waals surface area contributed by atoms with E-state index in [-0.39, 0.29) is 6.61 Å². The summed E-state index contributed by atoms with van der Waals surface area (Å²) in [5.74, 6) is 0. The van der Waals surface area contributed by atoms with Crippen LogP contribution in [0.25, 0.3) is 0 Å². The summed E-state index contributed by atoms with van der Waals surface area (Å²) >= 11 is 6.33. The highest BCUT2D eigenvalue weighted by Gasteiger charge is 2.18. The van der Waals surface area contributed by atoms with Gasteiger partial charge >= 0.3 is 0 Å². The molecule has 0 spiro atoms. The maximum Gasteiger partial charge on any atom is 0.0762 e. The summed E-state index contributed by atoms with van der Waals surface area (Å²) in [6, 6.07) is 5.98. The lowest BCUT2D eigenvalue weighted by Crippen LogP contribution is -2.37. The van der Waals surface area contributed by atoms with Crippen molar-refractivity contribution in [2.75, 3.05) is 18.1 Å². The van der Waals surface area contributed by atoms with Gasteiger partial charge in [0.1, 0.15) is 0 Å². The molecule has 2 N–H and O–H groups in total. The van der Waals surface area contributed by atoms with Gasteiger partial charge in [-0.25, -0.2) is 0 Å². The summed E-state index contributed by atoms with van der Waals surface area (Å²) in [6.07, 6.45) is 1.49. The lowest BCUT2D eigenvalue weighted by Gasteiger charge is -2.33. The van der Waals surface area contributed by atoms with Gasteiger partial charge in [0.25, 0.3) is 0 Å². The first kappa shape index (κ1) is 16.3. The number of aliphatic hydroxyl groups excluding tert-OH is 2. The molecule has 1 aromatic carbocycles. The number of aliphatic hydroxyl groups is 2. The molecule has 1 rings (SSSR count). The average molecular weight is 286 g/mol. The van der Waals surface area contributed by atoms with Crippen LogP contribution >= 0.6 is 11.6 Å². The first-order chi connectivity index (χ1) is 9.04. The van der Waals surface area contributed by atoms with Crippen molar-refractivity contribution in [1.82, 2.24) is 0 Å². The Hall–Kier alpha value is -0.770. The highest BCUT2D eigenvalue weighted by molar-refractivity contribution is 6.33. The highest BCUT2D eigenvalue weighted by atomic mass is 35.5. The van der Waals surface area contributed by atoms with E-state index in [1.807, 2.05) is 12.1 Å². The van der Waals surface area contributed by atoms with Crippen LogP contribution in [-0.4, -0.2) is 29.4 Å². The zero-order valence-electron chi connectivity index (χ0n) is 11.9. The Morgan fingerprint density at radius 3 is 2.32 bits per heavy atom. The Bertz CT molecular complexity index is 392. The van der Waals surface area contributed by atoms with Crippen molar-refractivity contribution in [3.63, 3.8) is 0 Å². The molecule has 0 unspecified atom stereocenters. The number of anilines is 1. The minimum absolute atomic E-state index is 0.102. The molecule has 0 aliphatic carbocycles. The van der Waals surface area contributed by atoms with E-state index in [1.165, 1.54) is 0 Å². The van der Waals surface area contributed by atoms with Crippen LogP contribution in [0.1, 0.15) is 45.3 Å². The maximum absolute atomic E-state index is 9.57. The molecule has 19 heavy (non-hydrogen) atoms. The quantitative estimate of drug-likeness (QED) is 0.807. The third-order valence-corrected chi connectivity index (χ3v) is 3.79. The van der Waals surface area contributed by atoms with Gasteiger partial charge in [-0.2, -0.15) is 0 Å².